The monoisotopic (exact) mass is 230 g/mol. The predicted molar refractivity (Wildman–Crippen MR) is 68.8 cm³/mol. The SMILES string of the molecule is OC1CCN(Cc2c[nH]c3ccccc23)CC1. The van der Waals surface area contributed by atoms with E-state index in [1.54, 1.807) is 0 Å². The molecular weight excluding hydrogens is 212 g/mol. The molecule has 0 bridgehead atoms. The number of likely N-dealkylation sites (tertiary alicyclic amines) is 1. The number of aliphatic hydroxyl groups is 1. The summed E-state index contributed by atoms with van der Waals surface area (Å²) in [5, 5.41) is 10.8. The lowest BCUT2D eigenvalue weighted by molar-refractivity contribution is 0.0794. The van der Waals surface area contributed by atoms with Crippen molar-refractivity contribution in [2.75, 3.05) is 13.1 Å². The number of aromatic amines is 1. The third kappa shape index (κ3) is 2.21. The molecule has 2 aromatic rings. The zero-order chi connectivity index (χ0) is 11.7. The Balaban J connectivity index is 1.76. The van der Waals surface area contributed by atoms with Gasteiger partial charge >= 0.3 is 0 Å². The molecule has 0 spiro atoms. The summed E-state index contributed by atoms with van der Waals surface area (Å²) < 4.78 is 0. The second-order valence-corrected chi connectivity index (χ2v) is 4.87. The van der Waals surface area contributed by atoms with Gasteiger partial charge in [0, 0.05) is 36.7 Å². The highest BCUT2D eigenvalue weighted by molar-refractivity contribution is 5.82. The van der Waals surface area contributed by atoms with Crippen LogP contribution in [-0.2, 0) is 6.54 Å². The maximum absolute atomic E-state index is 9.49. The molecule has 1 aliphatic rings. The third-order valence-electron chi connectivity index (χ3n) is 3.63. The molecule has 90 valence electrons. The second kappa shape index (κ2) is 4.51. The summed E-state index contributed by atoms with van der Waals surface area (Å²) in [6, 6.07) is 8.41. The van der Waals surface area contributed by atoms with Gasteiger partial charge in [-0.3, -0.25) is 4.90 Å². The lowest BCUT2D eigenvalue weighted by Crippen LogP contribution is -2.35. The highest BCUT2D eigenvalue weighted by Gasteiger charge is 2.17. The molecular formula is C14H18N2O. The van der Waals surface area contributed by atoms with Crippen molar-refractivity contribution >= 4 is 10.9 Å². The molecule has 1 aliphatic heterocycles. The van der Waals surface area contributed by atoms with E-state index in [-0.39, 0.29) is 6.10 Å². The fourth-order valence-corrected chi connectivity index (χ4v) is 2.58. The van der Waals surface area contributed by atoms with Gasteiger partial charge in [0.1, 0.15) is 0 Å². The van der Waals surface area contributed by atoms with Gasteiger partial charge in [-0.15, -0.1) is 0 Å². The van der Waals surface area contributed by atoms with E-state index in [9.17, 15) is 5.11 Å². The van der Waals surface area contributed by atoms with Crippen LogP contribution in [0.4, 0.5) is 0 Å². The highest BCUT2D eigenvalue weighted by atomic mass is 16.3. The van der Waals surface area contributed by atoms with Crippen molar-refractivity contribution in [3.63, 3.8) is 0 Å². The molecule has 3 heteroatoms. The van der Waals surface area contributed by atoms with E-state index in [1.807, 2.05) is 0 Å². The molecule has 0 aliphatic carbocycles. The van der Waals surface area contributed by atoms with Crippen molar-refractivity contribution in [2.45, 2.75) is 25.5 Å². The molecule has 1 aromatic carbocycles. The summed E-state index contributed by atoms with van der Waals surface area (Å²) in [7, 11) is 0. The summed E-state index contributed by atoms with van der Waals surface area (Å²) in [5.41, 5.74) is 2.57. The number of para-hydroxylation sites is 1. The van der Waals surface area contributed by atoms with Gasteiger partial charge in [0.05, 0.1) is 6.10 Å². The zero-order valence-corrected chi connectivity index (χ0v) is 9.89. The van der Waals surface area contributed by atoms with Crippen LogP contribution >= 0.6 is 0 Å². The molecule has 3 nitrogen and oxygen atoms in total. The number of nitrogens with zero attached hydrogens (tertiary/aromatic N) is 1. The summed E-state index contributed by atoms with van der Waals surface area (Å²) in [6.07, 6.45) is 3.83. The third-order valence-corrected chi connectivity index (χ3v) is 3.63. The van der Waals surface area contributed by atoms with Crippen molar-refractivity contribution in [3.8, 4) is 0 Å². The number of nitrogens with one attached hydrogen (secondary N) is 1. The normalized spacial score (nSPS) is 18.9. The van der Waals surface area contributed by atoms with Crippen molar-refractivity contribution < 1.29 is 5.11 Å². The Hall–Kier alpha value is -1.32. The molecule has 2 heterocycles. The van der Waals surface area contributed by atoms with Crippen molar-refractivity contribution in [1.82, 2.24) is 9.88 Å². The minimum Gasteiger partial charge on any atom is -0.393 e. The van der Waals surface area contributed by atoms with Crippen LogP contribution < -0.4 is 0 Å². The van der Waals surface area contributed by atoms with E-state index in [0.717, 1.165) is 32.5 Å². The van der Waals surface area contributed by atoms with E-state index in [2.05, 4.69) is 40.3 Å². The molecule has 0 atom stereocenters. The Morgan fingerprint density at radius 1 is 1.24 bits per heavy atom. The molecule has 0 saturated carbocycles. The van der Waals surface area contributed by atoms with Crippen molar-refractivity contribution in [2.24, 2.45) is 0 Å². The fourth-order valence-electron chi connectivity index (χ4n) is 2.58. The number of aromatic nitrogens is 1. The Morgan fingerprint density at radius 2 is 2.00 bits per heavy atom. The largest absolute Gasteiger partial charge is 0.393 e. The summed E-state index contributed by atoms with van der Waals surface area (Å²) >= 11 is 0. The van der Waals surface area contributed by atoms with E-state index in [4.69, 9.17) is 0 Å². The molecule has 2 N–H and O–H groups in total. The van der Waals surface area contributed by atoms with Gasteiger partial charge in [0.25, 0.3) is 0 Å². The average Bonchev–Trinajstić information content (AvgIpc) is 2.76. The van der Waals surface area contributed by atoms with Crippen molar-refractivity contribution in [1.29, 1.82) is 0 Å². The van der Waals surface area contributed by atoms with Gasteiger partial charge in [-0.05, 0) is 24.5 Å². The topological polar surface area (TPSA) is 39.3 Å². The van der Waals surface area contributed by atoms with Crippen molar-refractivity contribution in [3.05, 3.63) is 36.0 Å². The predicted octanol–water partition coefficient (Wildman–Crippen LogP) is 2.12. The first-order chi connectivity index (χ1) is 8.33. The van der Waals surface area contributed by atoms with Gasteiger partial charge in [0.15, 0.2) is 0 Å². The van der Waals surface area contributed by atoms with E-state index < -0.39 is 0 Å². The van der Waals surface area contributed by atoms with Gasteiger partial charge in [-0.1, -0.05) is 18.2 Å². The van der Waals surface area contributed by atoms with Gasteiger partial charge < -0.3 is 10.1 Å². The van der Waals surface area contributed by atoms with Crippen LogP contribution in [0.25, 0.3) is 10.9 Å². The first kappa shape index (κ1) is 10.8. The van der Waals surface area contributed by atoms with Crippen LogP contribution in [-0.4, -0.2) is 34.2 Å². The fraction of sp³-hybridized carbons (Fsp3) is 0.429. The maximum atomic E-state index is 9.49. The number of hydrogen-bond acceptors (Lipinski definition) is 2. The number of fused-ring (bicyclic) bond motifs is 1. The molecule has 3 rings (SSSR count). The number of H-pyrrole nitrogens is 1. The second-order valence-electron chi connectivity index (χ2n) is 4.87. The minimum absolute atomic E-state index is 0.0887. The van der Waals surface area contributed by atoms with Crippen LogP contribution in [0, 0.1) is 0 Å². The smallest absolute Gasteiger partial charge is 0.0564 e. The highest BCUT2D eigenvalue weighted by Crippen LogP contribution is 2.21. The Morgan fingerprint density at radius 3 is 2.82 bits per heavy atom. The summed E-state index contributed by atoms with van der Waals surface area (Å²) in [6.45, 7) is 2.98. The number of hydrogen-bond donors (Lipinski definition) is 2. The Labute approximate surface area is 101 Å². The summed E-state index contributed by atoms with van der Waals surface area (Å²) in [5.74, 6) is 0. The van der Waals surface area contributed by atoms with Crippen LogP contribution in [0.1, 0.15) is 18.4 Å². The van der Waals surface area contributed by atoms with Crippen LogP contribution in [0.15, 0.2) is 30.5 Å². The molecule has 1 aromatic heterocycles. The van der Waals surface area contributed by atoms with Crippen LogP contribution in [0.2, 0.25) is 0 Å². The van der Waals surface area contributed by atoms with Gasteiger partial charge in [-0.25, -0.2) is 0 Å². The van der Waals surface area contributed by atoms with E-state index in [1.165, 1.54) is 16.5 Å². The molecule has 1 saturated heterocycles. The van der Waals surface area contributed by atoms with Gasteiger partial charge in [-0.2, -0.15) is 0 Å². The Bertz CT molecular complexity index is 498. The number of rotatable bonds is 2. The number of piperidine rings is 1. The first-order valence-corrected chi connectivity index (χ1v) is 6.28. The molecule has 0 amide bonds. The average molecular weight is 230 g/mol. The lowest BCUT2D eigenvalue weighted by atomic mass is 10.1. The number of aliphatic hydroxyl groups excluding tert-OH is 1. The summed E-state index contributed by atoms with van der Waals surface area (Å²) in [4.78, 5) is 5.73. The first-order valence-electron chi connectivity index (χ1n) is 6.28. The van der Waals surface area contributed by atoms with E-state index in [0.29, 0.717) is 0 Å². The van der Waals surface area contributed by atoms with E-state index >= 15 is 0 Å². The molecule has 0 unspecified atom stereocenters. The maximum Gasteiger partial charge on any atom is 0.0564 e. The Kier molecular flexibility index (Phi) is 2.87. The van der Waals surface area contributed by atoms with Gasteiger partial charge in [0.2, 0.25) is 0 Å². The van der Waals surface area contributed by atoms with Crippen LogP contribution in [0.3, 0.4) is 0 Å². The number of benzene rings is 1. The standard InChI is InChI=1S/C14H18N2O/c17-12-5-7-16(8-6-12)10-11-9-15-14-4-2-1-3-13(11)14/h1-4,9,12,15,17H,5-8,10H2. The lowest BCUT2D eigenvalue weighted by Gasteiger charge is -2.29. The zero-order valence-electron chi connectivity index (χ0n) is 9.89. The quantitative estimate of drug-likeness (QED) is 0.829. The molecule has 17 heavy (non-hydrogen) atoms. The molecule has 0 radical (unpaired) electrons. The minimum atomic E-state index is -0.0887. The molecule has 1 fully saturated rings. The van der Waals surface area contributed by atoms with Crippen LogP contribution in [0.5, 0.6) is 0 Å².